The summed E-state index contributed by atoms with van der Waals surface area (Å²) in [7, 11) is -4.97. The van der Waals surface area contributed by atoms with Gasteiger partial charge in [0.1, 0.15) is 0 Å². The average molecular weight is 447 g/mol. The fourth-order valence-electron chi connectivity index (χ4n) is 4.91. The Hall–Kier alpha value is -0.216. The molecular formula is C22H46O5Si2. The van der Waals surface area contributed by atoms with Crippen LogP contribution in [0.2, 0.25) is 23.7 Å². The molecule has 0 aromatic heterocycles. The second-order valence-corrected chi connectivity index (χ2v) is 15.2. The van der Waals surface area contributed by atoms with Crippen LogP contribution in [0.3, 0.4) is 0 Å². The lowest BCUT2D eigenvalue weighted by Gasteiger charge is -2.41. The average Bonchev–Trinajstić information content (AvgIpc) is 2.69. The summed E-state index contributed by atoms with van der Waals surface area (Å²) >= 11 is 0. The van der Waals surface area contributed by atoms with Crippen molar-refractivity contribution in [2.45, 2.75) is 110 Å². The van der Waals surface area contributed by atoms with Gasteiger partial charge in [0.05, 0.1) is 5.92 Å². The van der Waals surface area contributed by atoms with Crippen LogP contribution in [0.5, 0.6) is 0 Å². The maximum Gasteiger partial charge on any atom is 0.501 e. The minimum Gasteiger partial charge on any atom is -0.519 e. The minimum atomic E-state index is -2.86. The second kappa shape index (κ2) is 14.0. The molecule has 0 radical (unpaired) electrons. The van der Waals surface area contributed by atoms with Crippen molar-refractivity contribution in [3.05, 3.63) is 0 Å². The van der Waals surface area contributed by atoms with E-state index >= 15 is 0 Å². The Kier molecular flexibility index (Phi) is 12.9. The SMILES string of the molecule is CCC[Si](CCC)(OC(=O)C(C)C[Si](OCC)(OCC)OCC)C1CCCCC1. The molecule has 0 heterocycles. The molecule has 1 rings (SSSR count). The van der Waals surface area contributed by atoms with E-state index in [0.717, 1.165) is 24.9 Å². The van der Waals surface area contributed by atoms with E-state index in [2.05, 4.69) is 13.8 Å². The molecule has 1 fully saturated rings. The van der Waals surface area contributed by atoms with E-state index in [9.17, 15) is 4.79 Å². The van der Waals surface area contributed by atoms with Gasteiger partial charge in [-0.1, -0.05) is 52.9 Å². The monoisotopic (exact) mass is 446 g/mol. The van der Waals surface area contributed by atoms with Crippen molar-refractivity contribution in [1.29, 1.82) is 0 Å². The van der Waals surface area contributed by atoms with Crippen LogP contribution >= 0.6 is 0 Å². The summed E-state index contributed by atoms with van der Waals surface area (Å²) in [4.78, 5) is 13.3. The smallest absolute Gasteiger partial charge is 0.501 e. The van der Waals surface area contributed by atoms with E-state index in [1.54, 1.807) is 0 Å². The minimum absolute atomic E-state index is 0.0554. The van der Waals surface area contributed by atoms with Gasteiger partial charge in [0.2, 0.25) is 0 Å². The molecule has 0 bridgehead atoms. The third kappa shape index (κ3) is 8.09. The Morgan fingerprint density at radius 3 is 1.76 bits per heavy atom. The highest BCUT2D eigenvalue weighted by Crippen LogP contribution is 2.43. The first kappa shape index (κ1) is 26.8. The van der Waals surface area contributed by atoms with Crippen LogP contribution in [-0.2, 0) is 22.5 Å². The summed E-state index contributed by atoms with van der Waals surface area (Å²) in [5.74, 6) is -0.324. The molecule has 1 aliphatic carbocycles. The summed E-state index contributed by atoms with van der Waals surface area (Å²) in [5.41, 5.74) is 0.625. The highest BCUT2D eigenvalue weighted by atomic mass is 28.4. The lowest BCUT2D eigenvalue weighted by atomic mass is 10.0. The van der Waals surface area contributed by atoms with Crippen LogP contribution in [0.25, 0.3) is 0 Å². The topological polar surface area (TPSA) is 54.0 Å². The molecule has 1 aliphatic rings. The molecule has 0 aliphatic heterocycles. The molecule has 1 unspecified atom stereocenters. The summed E-state index contributed by atoms with van der Waals surface area (Å²) in [6.45, 7) is 13.9. The van der Waals surface area contributed by atoms with Crippen LogP contribution in [-0.4, -0.2) is 42.9 Å². The molecule has 7 heteroatoms. The van der Waals surface area contributed by atoms with Crippen LogP contribution in [0.4, 0.5) is 0 Å². The van der Waals surface area contributed by atoms with Gasteiger partial charge < -0.3 is 17.7 Å². The van der Waals surface area contributed by atoms with E-state index in [1.807, 2.05) is 27.7 Å². The zero-order valence-corrected chi connectivity index (χ0v) is 21.9. The van der Waals surface area contributed by atoms with Gasteiger partial charge in [-0.05, 0) is 51.2 Å². The molecule has 172 valence electrons. The quantitative estimate of drug-likeness (QED) is 0.276. The third-order valence-electron chi connectivity index (χ3n) is 6.05. The lowest BCUT2D eigenvalue weighted by molar-refractivity contribution is -0.139. The van der Waals surface area contributed by atoms with Crippen molar-refractivity contribution in [3.8, 4) is 0 Å². The maximum atomic E-state index is 13.3. The van der Waals surface area contributed by atoms with Gasteiger partial charge in [-0.3, -0.25) is 4.79 Å². The Morgan fingerprint density at radius 2 is 1.34 bits per heavy atom. The van der Waals surface area contributed by atoms with Gasteiger partial charge in [-0.2, -0.15) is 0 Å². The Balaban J connectivity index is 2.97. The summed E-state index contributed by atoms with van der Waals surface area (Å²) < 4.78 is 24.5. The van der Waals surface area contributed by atoms with E-state index in [4.69, 9.17) is 17.7 Å². The Labute approximate surface area is 181 Å². The van der Waals surface area contributed by atoms with Crippen molar-refractivity contribution in [3.63, 3.8) is 0 Å². The molecule has 0 aromatic carbocycles. The largest absolute Gasteiger partial charge is 0.519 e. The van der Waals surface area contributed by atoms with Gasteiger partial charge >= 0.3 is 8.80 Å². The lowest BCUT2D eigenvalue weighted by Crippen LogP contribution is -2.50. The summed E-state index contributed by atoms with van der Waals surface area (Å²) in [6, 6.07) is 2.68. The van der Waals surface area contributed by atoms with E-state index < -0.39 is 17.1 Å². The third-order valence-corrected chi connectivity index (χ3v) is 14.7. The zero-order valence-electron chi connectivity index (χ0n) is 19.9. The predicted molar refractivity (Wildman–Crippen MR) is 123 cm³/mol. The number of hydrogen-bond donors (Lipinski definition) is 0. The molecule has 1 atom stereocenters. The van der Waals surface area contributed by atoms with E-state index in [1.165, 1.54) is 32.1 Å². The Bertz CT molecular complexity index is 431. The first-order valence-corrected chi connectivity index (χ1v) is 16.4. The number of carbonyl (C=O) groups excluding carboxylic acids is 1. The molecule has 0 amide bonds. The van der Waals surface area contributed by atoms with Crippen LogP contribution < -0.4 is 0 Å². The molecule has 0 N–H and O–H groups in total. The number of hydrogen-bond acceptors (Lipinski definition) is 5. The molecule has 5 nitrogen and oxygen atoms in total. The summed E-state index contributed by atoms with van der Waals surface area (Å²) in [6.07, 6.45) is 8.57. The van der Waals surface area contributed by atoms with Crippen molar-refractivity contribution in [1.82, 2.24) is 0 Å². The molecule has 0 aromatic rings. The maximum absolute atomic E-state index is 13.3. The molecule has 29 heavy (non-hydrogen) atoms. The van der Waals surface area contributed by atoms with Gasteiger partial charge in [-0.15, -0.1) is 0 Å². The number of carbonyl (C=O) groups is 1. The fourth-order valence-corrected chi connectivity index (χ4v) is 12.9. The standard InChI is InChI=1S/C22H46O5Si2/c1-7-17-28(18-8-2,21-15-13-12-14-16-21)27-22(23)20(6)19-29(24-9-3,25-10-4)26-11-5/h20-21H,7-19H2,1-6H3. The van der Waals surface area contributed by atoms with Crippen molar-refractivity contribution < 1.29 is 22.5 Å². The Morgan fingerprint density at radius 1 is 0.862 bits per heavy atom. The molecular weight excluding hydrogens is 400 g/mol. The van der Waals surface area contributed by atoms with Crippen LogP contribution in [0.15, 0.2) is 0 Å². The van der Waals surface area contributed by atoms with Crippen molar-refractivity contribution in [2.24, 2.45) is 5.92 Å². The summed E-state index contributed by atoms with van der Waals surface area (Å²) in [5, 5.41) is 0. The zero-order chi connectivity index (χ0) is 21.8. The van der Waals surface area contributed by atoms with E-state index in [0.29, 0.717) is 31.4 Å². The molecule has 0 saturated heterocycles. The normalized spacial score (nSPS) is 17.3. The molecule has 0 spiro atoms. The highest BCUT2D eigenvalue weighted by molar-refractivity contribution is 6.76. The van der Waals surface area contributed by atoms with Crippen molar-refractivity contribution in [2.75, 3.05) is 19.8 Å². The first-order valence-electron chi connectivity index (χ1n) is 12.1. The van der Waals surface area contributed by atoms with Crippen molar-refractivity contribution >= 4 is 23.1 Å². The van der Waals surface area contributed by atoms with Gasteiger partial charge in [0.25, 0.3) is 14.3 Å². The number of rotatable bonds is 15. The van der Waals surface area contributed by atoms with E-state index in [-0.39, 0.29) is 11.9 Å². The first-order chi connectivity index (χ1) is 13.9. The van der Waals surface area contributed by atoms with Gasteiger partial charge in [0, 0.05) is 25.9 Å². The van der Waals surface area contributed by atoms with Gasteiger partial charge in [-0.25, -0.2) is 0 Å². The van der Waals surface area contributed by atoms with Gasteiger partial charge in [0.15, 0.2) is 0 Å². The highest BCUT2D eigenvalue weighted by Gasteiger charge is 2.48. The van der Waals surface area contributed by atoms with Crippen LogP contribution in [0.1, 0.15) is 86.5 Å². The predicted octanol–water partition coefficient (Wildman–Crippen LogP) is 6.31. The molecule has 1 saturated carbocycles. The fraction of sp³-hybridized carbons (Fsp3) is 0.955. The van der Waals surface area contributed by atoms with Crippen LogP contribution in [0, 0.1) is 5.92 Å². The second-order valence-electron chi connectivity index (χ2n) is 8.41.